The highest BCUT2D eigenvalue weighted by molar-refractivity contribution is 5.80. The van der Waals surface area contributed by atoms with Gasteiger partial charge in [0.05, 0.1) is 7.11 Å². The van der Waals surface area contributed by atoms with E-state index in [2.05, 4.69) is 12.1 Å². The summed E-state index contributed by atoms with van der Waals surface area (Å²) in [4.78, 5) is 11.8. The third-order valence-electron chi connectivity index (χ3n) is 4.71. The van der Waals surface area contributed by atoms with Gasteiger partial charge in [-0.05, 0) is 61.8 Å². The summed E-state index contributed by atoms with van der Waals surface area (Å²) < 4.78 is 10.9. The maximum Gasteiger partial charge on any atom is 0.325 e. The minimum Gasteiger partial charge on any atom is -0.490 e. The van der Waals surface area contributed by atoms with Gasteiger partial charge in [-0.15, -0.1) is 0 Å². The lowest BCUT2D eigenvalue weighted by molar-refractivity contribution is -0.149. The molecule has 4 heteroatoms. The molecule has 0 bridgehead atoms. The summed E-state index contributed by atoms with van der Waals surface area (Å²) in [5.74, 6) is 0.569. The number of benzene rings is 1. The number of hydrogen-bond donors (Lipinski definition) is 1. The molecule has 1 saturated carbocycles. The van der Waals surface area contributed by atoms with Gasteiger partial charge >= 0.3 is 5.97 Å². The third-order valence-corrected chi connectivity index (χ3v) is 4.71. The first kappa shape index (κ1) is 14.4. The Bertz CT molecular complexity index is 543. The Morgan fingerprint density at radius 2 is 2.10 bits per heavy atom. The van der Waals surface area contributed by atoms with Crippen LogP contribution < -0.4 is 10.5 Å². The maximum absolute atomic E-state index is 11.8. The van der Waals surface area contributed by atoms with Crippen molar-refractivity contribution >= 4 is 5.97 Å². The molecule has 2 unspecified atom stereocenters. The number of carbonyl (C=O) groups excluding carboxylic acids is 1. The quantitative estimate of drug-likeness (QED) is 0.868. The van der Waals surface area contributed by atoms with Crippen LogP contribution in [0.15, 0.2) is 18.2 Å². The Morgan fingerprint density at radius 1 is 1.29 bits per heavy atom. The minimum absolute atomic E-state index is 0.0118. The van der Waals surface area contributed by atoms with E-state index >= 15 is 0 Å². The van der Waals surface area contributed by atoms with Gasteiger partial charge in [-0.25, -0.2) is 0 Å². The second kappa shape index (κ2) is 5.68. The van der Waals surface area contributed by atoms with Crippen LogP contribution in [0.5, 0.6) is 5.75 Å². The molecule has 1 fully saturated rings. The van der Waals surface area contributed by atoms with Gasteiger partial charge in [-0.1, -0.05) is 6.07 Å². The van der Waals surface area contributed by atoms with E-state index in [4.69, 9.17) is 15.2 Å². The highest BCUT2D eigenvalue weighted by Gasteiger charge is 2.41. The SMILES string of the molecule is COC(=O)C1(N)CCCC(Oc2ccc3c(c2)CCC3)C1. The molecule has 0 aromatic heterocycles. The van der Waals surface area contributed by atoms with Crippen LogP contribution in [0.3, 0.4) is 0 Å². The standard InChI is InChI=1S/C17H23NO3/c1-20-16(19)17(18)9-3-6-15(11-17)21-14-8-7-12-4-2-5-13(12)10-14/h7-8,10,15H,2-6,9,11,18H2,1H3. The van der Waals surface area contributed by atoms with E-state index in [-0.39, 0.29) is 12.1 Å². The summed E-state index contributed by atoms with van der Waals surface area (Å²) in [6.07, 6.45) is 6.56. The van der Waals surface area contributed by atoms with E-state index in [1.165, 1.54) is 31.1 Å². The van der Waals surface area contributed by atoms with Gasteiger partial charge < -0.3 is 15.2 Å². The predicted octanol–water partition coefficient (Wildman–Crippen LogP) is 2.37. The average Bonchev–Trinajstić information content (AvgIpc) is 2.94. The van der Waals surface area contributed by atoms with Crippen molar-refractivity contribution in [3.63, 3.8) is 0 Å². The van der Waals surface area contributed by atoms with Crippen LogP contribution in [0, 0.1) is 0 Å². The monoisotopic (exact) mass is 289 g/mol. The summed E-state index contributed by atoms with van der Waals surface area (Å²) >= 11 is 0. The van der Waals surface area contributed by atoms with Crippen molar-refractivity contribution in [3.05, 3.63) is 29.3 Å². The number of aryl methyl sites for hydroxylation is 2. The van der Waals surface area contributed by atoms with Crippen LogP contribution in [0.4, 0.5) is 0 Å². The highest BCUT2D eigenvalue weighted by Crippen LogP contribution is 2.32. The van der Waals surface area contributed by atoms with Gasteiger partial charge in [0, 0.05) is 6.42 Å². The Kier molecular flexibility index (Phi) is 3.89. The lowest BCUT2D eigenvalue weighted by Crippen LogP contribution is -2.54. The molecule has 114 valence electrons. The van der Waals surface area contributed by atoms with Crippen molar-refractivity contribution in [2.24, 2.45) is 5.73 Å². The fraction of sp³-hybridized carbons (Fsp3) is 0.588. The lowest BCUT2D eigenvalue weighted by atomic mass is 9.81. The fourth-order valence-corrected chi connectivity index (χ4v) is 3.56. The largest absolute Gasteiger partial charge is 0.490 e. The van der Waals surface area contributed by atoms with Crippen molar-refractivity contribution in [2.75, 3.05) is 7.11 Å². The Balaban J connectivity index is 1.69. The van der Waals surface area contributed by atoms with Crippen molar-refractivity contribution in [2.45, 2.75) is 56.6 Å². The number of rotatable bonds is 3. The van der Waals surface area contributed by atoms with E-state index in [0.29, 0.717) is 12.8 Å². The van der Waals surface area contributed by atoms with E-state index in [9.17, 15) is 4.79 Å². The van der Waals surface area contributed by atoms with Crippen molar-refractivity contribution in [1.29, 1.82) is 0 Å². The molecule has 3 rings (SSSR count). The number of hydrogen-bond acceptors (Lipinski definition) is 4. The average molecular weight is 289 g/mol. The normalized spacial score (nSPS) is 28.0. The molecular formula is C17H23NO3. The van der Waals surface area contributed by atoms with Gasteiger partial charge in [0.25, 0.3) is 0 Å². The van der Waals surface area contributed by atoms with Gasteiger partial charge in [-0.3, -0.25) is 4.79 Å². The highest BCUT2D eigenvalue weighted by atomic mass is 16.5. The molecule has 0 heterocycles. The van der Waals surface area contributed by atoms with Gasteiger partial charge in [0.2, 0.25) is 0 Å². The maximum atomic E-state index is 11.8. The van der Waals surface area contributed by atoms with Crippen LogP contribution in [0.25, 0.3) is 0 Å². The van der Waals surface area contributed by atoms with Gasteiger partial charge in [0.15, 0.2) is 0 Å². The molecule has 1 aromatic carbocycles. The Labute approximate surface area is 125 Å². The molecule has 0 radical (unpaired) electrons. The smallest absolute Gasteiger partial charge is 0.325 e. The first-order chi connectivity index (χ1) is 10.1. The second-order valence-corrected chi connectivity index (χ2v) is 6.27. The van der Waals surface area contributed by atoms with Gasteiger partial charge in [0.1, 0.15) is 17.4 Å². The summed E-state index contributed by atoms with van der Waals surface area (Å²) in [5, 5.41) is 0. The number of ether oxygens (including phenoxy) is 2. The molecule has 2 aliphatic rings. The molecule has 0 aliphatic heterocycles. The van der Waals surface area contributed by atoms with Crippen molar-refractivity contribution in [1.82, 2.24) is 0 Å². The van der Waals surface area contributed by atoms with E-state index in [1.807, 2.05) is 6.07 Å². The van der Waals surface area contributed by atoms with Crippen LogP contribution >= 0.6 is 0 Å². The first-order valence-corrected chi connectivity index (χ1v) is 7.76. The van der Waals surface area contributed by atoms with Crippen LogP contribution in [-0.2, 0) is 22.4 Å². The van der Waals surface area contributed by atoms with E-state index < -0.39 is 5.54 Å². The molecule has 1 aromatic rings. The van der Waals surface area contributed by atoms with E-state index in [1.54, 1.807) is 0 Å². The molecule has 0 spiro atoms. The fourth-order valence-electron chi connectivity index (χ4n) is 3.56. The van der Waals surface area contributed by atoms with Crippen molar-refractivity contribution in [3.8, 4) is 5.75 Å². The molecule has 2 N–H and O–H groups in total. The summed E-state index contributed by atoms with van der Waals surface area (Å²) in [6.45, 7) is 0. The lowest BCUT2D eigenvalue weighted by Gasteiger charge is -2.35. The molecule has 2 aliphatic carbocycles. The number of esters is 1. The van der Waals surface area contributed by atoms with Crippen LogP contribution in [0.2, 0.25) is 0 Å². The Morgan fingerprint density at radius 3 is 2.90 bits per heavy atom. The van der Waals surface area contributed by atoms with Gasteiger partial charge in [-0.2, -0.15) is 0 Å². The molecule has 0 saturated heterocycles. The third kappa shape index (κ3) is 2.91. The van der Waals surface area contributed by atoms with Crippen LogP contribution in [-0.4, -0.2) is 24.7 Å². The van der Waals surface area contributed by atoms with Crippen molar-refractivity contribution < 1.29 is 14.3 Å². The summed E-state index contributed by atoms with van der Waals surface area (Å²) in [6, 6.07) is 6.35. The number of carbonyl (C=O) groups is 1. The zero-order chi connectivity index (χ0) is 14.9. The number of fused-ring (bicyclic) bond motifs is 1. The minimum atomic E-state index is -0.894. The number of methoxy groups -OCH3 is 1. The topological polar surface area (TPSA) is 61.5 Å². The Hall–Kier alpha value is -1.55. The number of nitrogens with two attached hydrogens (primary N) is 1. The summed E-state index contributed by atoms with van der Waals surface area (Å²) in [7, 11) is 1.39. The second-order valence-electron chi connectivity index (χ2n) is 6.27. The van der Waals surface area contributed by atoms with Crippen LogP contribution in [0.1, 0.15) is 43.2 Å². The molecular weight excluding hydrogens is 266 g/mol. The molecule has 0 amide bonds. The molecule has 21 heavy (non-hydrogen) atoms. The van der Waals surface area contributed by atoms with E-state index in [0.717, 1.165) is 25.0 Å². The zero-order valence-corrected chi connectivity index (χ0v) is 12.6. The molecule has 2 atom stereocenters. The predicted molar refractivity (Wildman–Crippen MR) is 80.3 cm³/mol. The zero-order valence-electron chi connectivity index (χ0n) is 12.6. The first-order valence-electron chi connectivity index (χ1n) is 7.76. The summed E-state index contributed by atoms with van der Waals surface area (Å²) in [5.41, 5.74) is 8.14. The molecule has 4 nitrogen and oxygen atoms in total.